The average Bonchev–Trinajstić information content (AvgIpc) is 1.97. The Morgan fingerprint density at radius 3 is 2.42 bits per heavy atom. The number of hydrogen-bond donors (Lipinski definition) is 0. The first kappa shape index (κ1) is 14.0. The Bertz CT molecular complexity index is 145. The van der Waals surface area contributed by atoms with Crippen LogP contribution in [0.5, 0.6) is 0 Å². The Kier molecular flexibility index (Phi) is 9.99. The van der Waals surface area contributed by atoms with E-state index in [0.29, 0.717) is 25.4 Å². The molecule has 0 saturated heterocycles. The predicted molar refractivity (Wildman–Crippen MR) is 49.5 cm³/mol. The number of rotatable bonds is 5. The first-order valence-corrected chi connectivity index (χ1v) is 3.58. The van der Waals surface area contributed by atoms with Crippen molar-refractivity contribution in [1.82, 2.24) is 0 Å². The van der Waals surface area contributed by atoms with E-state index in [1.165, 1.54) is 0 Å². The summed E-state index contributed by atoms with van der Waals surface area (Å²) >= 11 is 0. The van der Waals surface area contributed by atoms with Crippen molar-refractivity contribution in [2.24, 2.45) is 0 Å². The molecule has 0 fully saturated rings. The smallest absolute Gasteiger partial charge is 0.333 e. The SMILES string of the molecule is C=C(C)C(=O)OCCOCC.Cl. The fraction of sp³-hybridized carbons (Fsp3) is 0.625. The van der Waals surface area contributed by atoms with E-state index in [0.717, 1.165) is 0 Å². The summed E-state index contributed by atoms with van der Waals surface area (Å²) in [5, 5.41) is 0. The van der Waals surface area contributed by atoms with Crippen molar-refractivity contribution in [3.63, 3.8) is 0 Å². The molecule has 4 heteroatoms. The molecule has 0 atom stereocenters. The molecule has 0 aliphatic rings. The van der Waals surface area contributed by atoms with Crippen LogP contribution >= 0.6 is 12.4 Å². The molecule has 72 valence electrons. The van der Waals surface area contributed by atoms with Crippen LogP contribution in [0, 0.1) is 0 Å². The Morgan fingerprint density at radius 2 is 2.00 bits per heavy atom. The monoisotopic (exact) mass is 194 g/mol. The molecule has 0 radical (unpaired) electrons. The molecule has 0 aliphatic heterocycles. The fourth-order valence-electron chi connectivity index (χ4n) is 0.461. The maximum Gasteiger partial charge on any atom is 0.333 e. The van der Waals surface area contributed by atoms with Gasteiger partial charge in [-0.05, 0) is 13.8 Å². The van der Waals surface area contributed by atoms with Crippen LogP contribution in [0.15, 0.2) is 12.2 Å². The first-order chi connectivity index (χ1) is 5.18. The minimum atomic E-state index is -0.357. The highest BCUT2D eigenvalue weighted by atomic mass is 35.5. The van der Waals surface area contributed by atoms with Crippen molar-refractivity contribution in [3.05, 3.63) is 12.2 Å². The van der Waals surface area contributed by atoms with Crippen LogP contribution < -0.4 is 0 Å². The number of hydrogen-bond acceptors (Lipinski definition) is 3. The third-order valence-electron chi connectivity index (χ3n) is 1.01. The lowest BCUT2D eigenvalue weighted by molar-refractivity contribution is -0.140. The maximum atomic E-state index is 10.7. The summed E-state index contributed by atoms with van der Waals surface area (Å²) in [6.45, 7) is 8.34. The molecule has 0 aliphatic carbocycles. The molecule has 0 rings (SSSR count). The summed E-state index contributed by atoms with van der Waals surface area (Å²) < 4.78 is 9.70. The van der Waals surface area contributed by atoms with Gasteiger partial charge in [0.2, 0.25) is 0 Å². The van der Waals surface area contributed by atoms with Gasteiger partial charge in [-0.25, -0.2) is 4.79 Å². The summed E-state index contributed by atoms with van der Waals surface area (Å²) in [5.74, 6) is -0.357. The maximum absolute atomic E-state index is 10.7. The van der Waals surface area contributed by atoms with Crippen molar-refractivity contribution in [2.45, 2.75) is 13.8 Å². The van der Waals surface area contributed by atoms with Gasteiger partial charge in [0.25, 0.3) is 0 Å². The zero-order valence-electron chi connectivity index (χ0n) is 7.46. The van der Waals surface area contributed by atoms with Crippen molar-refractivity contribution in [2.75, 3.05) is 19.8 Å². The second kappa shape index (κ2) is 8.56. The highest BCUT2D eigenvalue weighted by Crippen LogP contribution is 1.91. The van der Waals surface area contributed by atoms with E-state index in [2.05, 4.69) is 6.58 Å². The Morgan fingerprint density at radius 1 is 1.42 bits per heavy atom. The third-order valence-corrected chi connectivity index (χ3v) is 1.01. The Hall–Kier alpha value is -0.540. The first-order valence-electron chi connectivity index (χ1n) is 3.58. The normalized spacial score (nSPS) is 8.50. The number of carbonyl (C=O) groups excluding carboxylic acids is 1. The van der Waals surface area contributed by atoms with Crippen molar-refractivity contribution in [3.8, 4) is 0 Å². The van der Waals surface area contributed by atoms with Crippen molar-refractivity contribution >= 4 is 18.4 Å². The van der Waals surface area contributed by atoms with Gasteiger partial charge in [0.1, 0.15) is 6.61 Å². The summed E-state index contributed by atoms with van der Waals surface area (Å²) in [4.78, 5) is 10.7. The molecule has 0 aromatic heterocycles. The molecule has 0 aromatic rings. The summed E-state index contributed by atoms with van der Waals surface area (Å²) in [6.07, 6.45) is 0. The number of carbonyl (C=O) groups is 1. The summed E-state index contributed by atoms with van der Waals surface area (Å²) in [7, 11) is 0. The van der Waals surface area contributed by atoms with Gasteiger partial charge in [0.05, 0.1) is 6.61 Å². The second-order valence-corrected chi connectivity index (χ2v) is 2.11. The predicted octanol–water partition coefficient (Wildman–Crippen LogP) is 1.56. The van der Waals surface area contributed by atoms with E-state index in [9.17, 15) is 4.79 Å². The van der Waals surface area contributed by atoms with Gasteiger partial charge in [-0.3, -0.25) is 0 Å². The van der Waals surface area contributed by atoms with Crippen LogP contribution in [-0.2, 0) is 14.3 Å². The zero-order chi connectivity index (χ0) is 8.69. The Labute approximate surface area is 79.1 Å². The van der Waals surface area contributed by atoms with Gasteiger partial charge in [0, 0.05) is 12.2 Å². The molecule has 0 N–H and O–H groups in total. The van der Waals surface area contributed by atoms with Crippen LogP contribution in [-0.4, -0.2) is 25.8 Å². The summed E-state index contributed by atoms with van der Waals surface area (Å²) in [6, 6.07) is 0. The molecule has 0 heterocycles. The van der Waals surface area contributed by atoms with Crippen LogP contribution in [0.4, 0.5) is 0 Å². The molecule has 0 bridgehead atoms. The van der Waals surface area contributed by atoms with E-state index in [1.807, 2.05) is 6.92 Å². The quantitative estimate of drug-likeness (QED) is 0.379. The van der Waals surface area contributed by atoms with E-state index in [-0.39, 0.29) is 18.4 Å². The van der Waals surface area contributed by atoms with Crippen LogP contribution in [0.25, 0.3) is 0 Å². The van der Waals surface area contributed by atoms with Gasteiger partial charge in [0.15, 0.2) is 0 Å². The lowest BCUT2D eigenvalue weighted by Gasteiger charge is -2.03. The van der Waals surface area contributed by atoms with E-state index >= 15 is 0 Å². The molecule has 3 nitrogen and oxygen atoms in total. The van der Waals surface area contributed by atoms with Gasteiger partial charge in [-0.1, -0.05) is 6.58 Å². The van der Waals surface area contributed by atoms with E-state index in [4.69, 9.17) is 9.47 Å². The van der Waals surface area contributed by atoms with Gasteiger partial charge < -0.3 is 9.47 Å². The lowest BCUT2D eigenvalue weighted by atomic mass is 10.4. The highest BCUT2D eigenvalue weighted by Gasteiger charge is 2.00. The molecule has 0 amide bonds. The molecular formula is C8H15ClO3. The number of ether oxygens (including phenoxy) is 2. The van der Waals surface area contributed by atoms with Crippen LogP contribution in [0.3, 0.4) is 0 Å². The van der Waals surface area contributed by atoms with Crippen molar-refractivity contribution < 1.29 is 14.3 Å². The zero-order valence-corrected chi connectivity index (χ0v) is 8.28. The topological polar surface area (TPSA) is 35.5 Å². The number of esters is 1. The Balaban J connectivity index is 0. The molecule has 0 saturated carbocycles. The number of halogens is 1. The second-order valence-electron chi connectivity index (χ2n) is 2.11. The fourth-order valence-corrected chi connectivity index (χ4v) is 0.461. The highest BCUT2D eigenvalue weighted by molar-refractivity contribution is 5.86. The summed E-state index contributed by atoms with van der Waals surface area (Å²) in [5.41, 5.74) is 0.418. The standard InChI is InChI=1S/C8H14O3.ClH/c1-4-10-5-6-11-8(9)7(2)3;/h2,4-6H2,1,3H3;1H. The van der Waals surface area contributed by atoms with E-state index in [1.54, 1.807) is 6.92 Å². The molecule has 0 aromatic carbocycles. The van der Waals surface area contributed by atoms with Crippen LogP contribution in [0.1, 0.15) is 13.8 Å². The van der Waals surface area contributed by atoms with Crippen molar-refractivity contribution in [1.29, 1.82) is 0 Å². The minimum absolute atomic E-state index is 0. The van der Waals surface area contributed by atoms with E-state index < -0.39 is 0 Å². The minimum Gasteiger partial charge on any atom is -0.460 e. The average molecular weight is 195 g/mol. The van der Waals surface area contributed by atoms with Gasteiger partial charge in [-0.15, -0.1) is 12.4 Å². The lowest BCUT2D eigenvalue weighted by Crippen LogP contribution is -2.10. The largest absolute Gasteiger partial charge is 0.460 e. The van der Waals surface area contributed by atoms with Crippen LogP contribution in [0.2, 0.25) is 0 Å². The molecular weight excluding hydrogens is 180 g/mol. The molecule has 12 heavy (non-hydrogen) atoms. The third kappa shape index (κ3) is 7.57. The molecule has 0 unspecified atom stereocenters. The molecule has 0 spiro atoms. The van der Waals surface area contributed by atoms with Gasteiger partial charge >= 0.3 is 5.97 Å². The van der Waals surface area contributed by atoms with Gasteiger partial charge in [-0.2, -0.15) is 0 Å².